The highest BCUT2D eigenvalue weighted by atomic mass is 79.9. The summed E-state index contributed by atoms with van der Waals surface area (Å²) in [5, 5.41) is 21.8. The first-order valence-corrected chi connectivity index (χ1v) is 10.4. The third-order valence-corrected chi connectivity index (χ3v) is 5.76. The molecule has 1 atom stereocenters. The summed E-state index contributed by atoms with van der Waals surface area (Å²) < 4.78 is 6.53. The molecule has 1 aliphatic rings. The minimum Gasteiger partial charge on any atom is -0.506 e. The van der Waals surface area contributed by atoms with Gasteiger partial charge in [-0.05, 0) is 48.5 Å². The molecular weight excluding hydrogens is 476 g/mol. The summed E-state index contributed by atoms with van der Waals surface area (Å²) >= 11 is 3.38. The Bertz CT molecular complexity index is 1410. The molecule has 32 heavy (non-hydrogen) atoms. The van der Waals surface area contributed by atoms with Crippen LogP contribution in [-0.2, 0) is 4.79 Å². The molecule has 2 N–H and O–H groups in total. The first kappa shape index (κ1) is 20.0. The van der Waals surface area contributed by atoms with Gasteiger partial charge < -0.3 is 14.6 Å². The SMILES string of the molecule is O=C(C1=C(O)C(=O)N(c2ccccc2O)C1c1ccccn1)c1cc2cc(Br)ccc2o1. The summed E-state index contributed by atoms with van der Waals surface area (Å²) in [6.45, 7) is 0. The Balaban J connectivity index is 1.67. The number of phenolic OH excluding ortho intramolecular Hbond substituents is 1. The molecule has 4 aromatic rings. The fraction of sp³-hybridized carbons (Fsp3) is 0.0417. The maximum absolute atomic E-state index is 13.5. The average Bonchev–Trinajstić information content (AvgIpc) is 3.33. The lowest BCUT2D eigenvalue weighted by molar-refractivity contribution is -0.117. The van der Waals surface area contributed by atoms with Gasteiger partial charge in [0.2, 0.25) is 5.78 Å². The summed E-state index contributed by atoms with van der Waals surface area (Å²) in [6, 6.07) is 17.1. The van der Waals surface area contributed by atoms with E-state index in [4.69, 9.17) is 4.42 Å². The van der Waals surface area contributed by atoms with Gasteiger partial charge in [0.15, 0.2) is 11.5 Å². The number of rotatable bonds is 4. The van der Waals surface area contributed by atoms with E-state index >= 15 is 0 Å². The number of aliphatic hydroxyl groups is 1. The van der Waals surface area contributed by atoms with Gasteiger partial charge in [0.25, 0.3) is 5.91 Å². The number of aromatic hydroxyl groups is 1. The van der Waals surface area contributed by atoms with E-state index in [-0.39, 0.29) is 22.8 Å². The standard InChI is InChI=1S/C24H15BrN2O5/c25-14-8-9-18-13(11-14)12-19(32-18)22(29)20-21(15-5-3-4-10-26-15)27(24(31)23(20)30)16-6-1-2-7-17(16)28/h1-12,21,28,30H. The van der Waals surface area contributed by atoms with Crippen molar-refractivity contribution in [2.45, 2.75) is 6.04 Å². The van der Waals surface area contributed by atoms with Gasteiger partial charge in [-0.25, -0.2) is 0 Å². The summed E-state index contributed by atoms with van der Waals surface area (Å²) in [7, 11) is 0. The van der Waals surface area contributed by atoms with Gasteiger partial charge in [0, 0.05) is 16.1 Å². The predicted octanol–water partition coefficient (Wildman–Crippen LogP) is 5.08. The second-order valence-electron chi connectivity index (χ2n) is 7.21. The number of benzene rings is 2. The van der Waals surface area contributed by atoms with E-state index in [1.165, 1.54) is 23.2 Å². The zero-order valence-corrected chi connectivity index (χ0v) is 18.0. The molecule has 0 bridgehead atoms. The third kappa shape index (κ3) is 3.16. The van der Waals surface area contributed by atoms with Crippen LogP contribution in [-0.4, -0.2) is 26.9 Å². The number of halogens is 1. The molecule has 0 aliphatic carbocycles. The summed E-state index contributed by atoms with van der Waals surface area (Å²) in [5.74, 6) is -2.36. The van der Waals surface area contributed by atoms with Crippen LogP contribution in [0.1, 0.15) is 22.3 Å². The summed E-state index contributed by atoms with van der Waals surface area (Å²) in [6.07, 6.45) is 1.53. The molecular formula is C24H15BrN2O5. The van der Waals surface area contributed by atoms with Crippen LogP contribution in [0.15, 0.2) is 93.1 Å². The number of nitrogens with zero attached hydrogens (tertiary/aromatic N) is 2. The summed E-state index contributed by atoms with van der Waals surface area (Å²) in [5.41, 5.74) is 0.828. The maximum atomic E-state index is 13.5. The van der Waals surface area contributed by atoms with E-state index < -0.39 is 23.5 Å². The highest BCUT2D eigenvalue weighted by Crippen LogP contribution is 2.44. The molecule has 7 nitrogen and oxygen atoms in total. The number of pyridine rings is 1. The Labute approximate surface area is 190 Å². The molecule has 0 fully saturated rings. The van der Waals surface area contributed by atoms with E-state index in [1.54, 1.807) is 54.6 Å². The third-order valence-electron chi connectivity index (χ3n) is 5.26. The molecule has 158 valence electrons. The van der Waals surface area contributed by atoms with Crippen LogP contribution in [0, 0.1) is 0 Å². The number of Topliss-reactive ketones (excluding diaryl/α,β-unsaturated/α-hetero) is 1. The van der Waals surface area contributed by atoms with Crippen molar-refractivity contribution < 1.29 is 24.2 Å². The van der Waals surface area contributed by atoms with Gasteiger partial charge in [-0.3, -0.25) is 19.5 Å². The number of aromatic nitrogens is 1. The van der Waals surface area contributed by atoms with Crippen molar-refractivity contribution in [3.05, 3.63) is 100 Å². The lowest BCUT2D eigenvalue weighted by Gasteiger charge is -2.26. The van der Waals surface area contributed by atoms with Crippen molar-refractivity contribution >= 4 is 44.3 Å². The molecule has 2 aromatic heterocycles. The highest BCUT2D eigenvalue weighted by Gasteiger charge is 2.46. The van der Waals surface area contributed by atoms with Crippen LogP contribution in [0.5, 0.6) is 5.75 Å². The molecule has 3 heterocycles. The van der Waals surface area contributed by atoms with Gasteiger partial charge in [-0.15, -0.1) is 0 Å². The lowest BCUT2D eigenvalue weighted by atomic mass is 9.98. The molecule has 2 aromatic carbocycles. The Kier molecular flexibility index (Phi) is 4.79. The average molecular weight is 491 g/mol. The summed E-state index contributed by atoms with van der Waals surface area (Å²) in [4.78, 5) is 32.1. The molecule has 0 saturated carbocycles. The zero-order valence-electron chi connectivity index (χ0n) is 16.4. The number of aliphatic hydroxyl groups excluding tert-OH is 1. The molecule has 0 spiro atoms. The van der Waals surface area contributed by atoms with Crippen LogP contribution < -0.4 is 4.90 Å². The number of ketones is 1. The van der Waals surface area contributed by atoms with Crippen molar-refractivity contribution in [1.82, 2.24) is 4.98 Å². The van der Waals surface area contributed by atoms with Gasteiger partial charge >= 0.3 is 0 Å². The van der Waals surface area contributed by atoms with E-state index in [1.807, 2.05) is 0 Å². The smallest absolute Gasteiger partial charge is 0.294 e. The normalized spacial score (nSPS) is 16.2. The Morgan fingerprint density at radius 1 is 1.03 bits per heavy atom. The molecule has 8 heteroatoms. The predicted molar refractivity (Wildman–Crippen MR) is 120 cm³/mol. The maximum Gasteiger partial charge on any atom is 0.294 e. The van der Waals surface area contributed by atoms with Gasteiger partial charge in [-0.2, -0.15) is 0 Å². The largest absolute Gasteiger partial charge is 0.506 e. The molecule has 5 rings (SSSR count). The van der Waals surface area contributed by atoms with E-state index in [0.717, 1.165) is 4.47 Å². The number of carbonyl (C=O) groups is 2. The first-order valence-electron chi connectivity index (χ1n) is 9.65. The number of carbonyl (C=O) groups excluding carboxylic acids is 2. The first-order chi connectivity index (χ1) is 15.5. The fourth-order valence-corrected chi connectivity index (χ4v) is 4.21. The van der Waals surface area contributed by atoms with E-state index in [0.29, 0.717) is 16.7 Å². The van der Waals surface area contributed by atoms with Crippen molar-refractivity contribution in [3.8, 4) is 5.75 Å². The number of furan rings is 1. The van der Waals surface area contributed by atoms with Crippen LogP contribution >= 0.6 is 15.9 Å². The Hall–Kier alpha value is -3.91. The van der Waals surface area contributed by atoms with Crippen LogP contribution in [0.2, 0.25) is 0 Å². The minimum atomic E-state index is -1.05. The van der Waals surface area contributed by atoms with E-state index in [2.05, 4.69) is 20.9 Å². The number of hydrogen-bond donors (Lipinski definition) is 2. The van der Waals surface area contributed by atoms with Crippen molar-refractivity contribution in [3.63, 3.8) is 0 Å². The van der Waals surface area contributed by atoms with E-state index in [9.17, 15) is 19.8 Å². The molecule has 1 unspecified atom stereocenters. The monoisotopic (exact) mass is 490 g/mol. The molecule has 1 amide bonds. The number of fused-ring (bicyclic) bond motifs is 1. The Morgan fingerprint density at radius 3 is 2.56 bits per heavy atom. The van der Waals surface area contributed by atoms with Gasteiger partial charge in [-0.1, -0.05) is 34.1 Å². The second-order valence-corrected chi connectivity index (χ2v) is 8.12. The lowest BCUT2D eigenvalue weighted by Crippen LogP contribution is -2.31. The van der Waals surface area contributed by atoms with Crippen molar-refractivity contribution in [1.29, 1.82) is 0 Å². The fourth-order valence-electron chi connectivity index (χ4n) is 3.83. The van der Waals surface area contributed by atoms with Crippen molar-refractivity contribution in [2.75, 3.05) is 4.90 Å². The van der Waals surface area contributed by atoms with Crippen LogP contribution in [0.25, 0.3) is 11.0 Å². The number of anilines is 1. The zero-order chi connectivity index (χ0) is 22.4. The van der Waals surface area contributed by atoms with Gasteiger partial charge in [0.05, 0.1) is 17.0 Å². The quantitative estimate of drug-likeness (QED) is 0.386. The number of hydrogen-bond acceptors (Lipinski definition) is 6. The van der Waals surface area contributed by atoms with Crippen molar-refractivity contribution in [2.24, 2.45) is 0 Å². The van der Waals surface area contributed by atoms with Crippen LogP contribution in [0.3, 0.4) is 0 Å². The van der Waals surface area contributed by atoms with Gasteiger partial charge in [0.1, 0.15) is 17.4 Å². The topological polar surface area (TPSA) is 104 Å². The number of phenols is 1. The molecule has 0 radical (unpaired) electrons. The second kappa shape index (κ2) is 7.65. The highest BCUT2D eigenvalue weighted by molar-refractivity contribution is 9.10. The van der Waals surface area contributed by atoms with Crippen LogP contribution in [0.4, 0.5) is 5.69 Å². The Morgan fingerprint density at radius 2 is 1.81 bits per heavy atom. The number of amides is 1. The number of para-hydroxylation sites is 2. The molecule has 0 saturated heterocycles. The molecule has 1 aliphatic heterocycles. The minimum absolute atomic E-state index is 0.0208.